The number of amides is 2. The monoisotopic (exact) mass is 343 g/mol. The number of nitrogens with one attached hydrogen (secondary N) is 1. The summed E-state index contributed by atoms with van der Waals surface area (Å²) in [6.45, 7) is 8.06. The van der Waals surface area contributed by atoms with Gasteiger partial charge in [0.25, 0.3) is 0 Å². The molecule has 1 atom stereocenters. The normalized spacial score (nSPS) is 17.1. The first-order chi connectivity index (χ1) is 11.2. The molecule has 0 aromatic heterocycles. The highest BCUT2D eigenvalue weighted by atomic mass is 19.4. The molecule has 1 N–H and O–H groups in total. The zero-order valence-corrected chi connectivity index (χ0v) is 14.2. The van der Waals surface area contributed by atoms with Crippen LogP contribution in [0.1, 0.15) is 26.3 Å². The molecule has 1 fully saturated rings. The maximum absolute atomic E-state index is 12.8. The van der Waals surface area contributed by atoms with Gasteiger partial charge in [0.1, 0.15) is 0 Å². The standard InChI is InChI=1S/C17H24F3N3O/c1-12(2)13(3)21-16(24)23-9-7-22(8-10-23)15-6-4-5-14(11-15)17(18,19)20/h4-6,11-13H,7-10H2,1-3H3,(H,21,24). The highest BCUT2D eigenvalue weighted by Gasteiger charge is 2.31. The number of piperazine rings is 1. The van der Waals surface area contributed by atoms with Gasteiger partial charge >= 0.3 is 12.2 Å². The fraction of sp³-hybridized carbons (Fsp3) is 0.588. The minimum absolute atomic E-state index is 0.0824. The van der Waals surface area contributed by atoms with Crippen molar-refractivity contribution in [1.82, 2.24) is 10.2 Å². The van der Waals surface area contributed by atoms with Gasteiger partial charge in [0.2, 0.25) is 0 Å². The largest absolute Gasteiger partial charge is 0.416 e. The first kappa shape index (κ1) is 18.4. The van der Waals surface area contributed by atoms with Gasteiger partial charge in [-0.05, 0) is 31.0 Å². The first-order valence-electron chi connectivity index (χ1n) is 8.16. The molecule has 7 heteroatoms. The summed E-state index contributed by atoms with van der Waals surface area (Å²) in [6, 6.07) is 5.30. The molecule has 1 aliphatic heterocycles. The SMILES string of the molecule is CC(C)C(C)NC(=O)N1CCN(c2cccc(C(F)(F)F)c2)CC1. The molecule has 2 amide bonds. The van der Waals surface area contributed by atoms with E-state index in [1.165, 1.54) is 6.07 Å². The predicted octanol–water partition coefficient (Wildman–Crippen LogP) is 3.58. The van der Waals surface area contributed by atoms with Gasteiger partial charge in [0, 0.05) is 37.9 Å². The van der Waals surface area contributed by atoms with Gasteiger partial charge in [-0.25, -0.2) is 4.79 Å². The number of nitrogens with zero attached hydrogens (tertiary/aromatic N) is 2. The van der Waals surface area contributed by atoms with Gasteiger partial charge in [-0.15, -0.1) is 0 Å². The van der Waals surface area contributed by atoms with Crippen LogP contribution in [0.2, 0.25) is 0 Å². The van der Waals surface area contributed by atoms with Gasteiger partial charge in [0.15, 0.2) is 0 Å². The van der Waals surface area contributed by atoms with Crippen LogP contribution in [0.15, 0.2) is 24.3 Å². The Labute approximate surface area is 140 Å². The van der Waals surface area contributed by atoms with Crippen LogP contribution in [0.5, 0.6) is 0 Å². The van der Waals surface area contributed by atoms with Crippen molar-refractivity contribution in [2.75, 3.05) is 31.1 Å². The van der Waals surface area contributed by atoms with Crippen LogP contribution in [-0.4, -0.2) is 43.2 Å². The van der Waals surface area contributed by atoms with Crippen LogP contribution in [0.4, 0.5) is 23.7 Å². The number of carbonyl (C=O) groups excluding carboxylic acids is 1. The van der Waals surface area contributed by atoms with Crippen molar-refractivity contribution in [3.63, 3.8) is 0 Å². The van der Waals surface area contributed by atoms with Crippen molar-refractivity contribution in [2.24, 2.45) is 5.92 Å². The van der Waals surface area contributed by atoms with Crippen molar-refractivity contribution < 1.29 is 18.0 Å². The van der Waals surface area contributed by atoms with Gasteiger partial charge in [-0.1, -0.05) is 19.9 Å². The highest BCUT2D eigenvalue weighted by molar-refractivity contribution is 5.75. The molecule has 134 valence electrons. The van der Waals surface area contributed by atoms with Gasteiger partial charge in [0.05, 0.1) is 5.56 Å². The Kier molecular flexibility index (Phi) is 5.62. The quantitative estimate of drug-likeness (QED) is 0.910. The summed E-state index contributed by atoms with van der Waals surface area (Å²) in [6.07, 6.45) is -4.34. The molecule has 0 spiro atoms. The highest BCUT2D eigenvalue weighted by Crippen LogP contribution is 2.31. The van der Waals surface area contributed by atoms with E-state index in [1.54, 1.807) is 11.0 Å². The van der Waals surface area contributed by atoms with Crippen molar-refractivity contribution in [1.29, 1.82) is 0 Å². The molecule has 0 bridgehead atoms. The molecule has 1 aliphatic rings. The first-order valence-corrected chi connectivity index (χ1v) is 8.16. The van der Waals surface area contributed by atoms with Crippen LogP contribution in [0.25, 0.3) is 0 Å². The summed E-state index contributed by atoms with van der Waals surface area (Å²) in [5.41, 5.74) is -0.105. The lowest BCUT2D eigenvalue weighted by Crippen LogP contribution is -2.53. The number of rotatable bonds is 3. The van der Waals surface area contributed by atoms with Crippen LogP contribution in [0.3, 0.4) is 0 Å². The Morgan fingerprint density at radius 2 is 1.75 bits per heavy atom. The van der Waals surface area contributed by atoms with Crippen molar-refractivity contribution in [2.45, 2.75) is 33.0 Å². The maximum atomic E-state index is 12.8. The molecule has 24 heavy (non-hydrogen) atoms. The number of halogens is 3. The summed E-state index contributed by atoms with van der Waals surface area (Å²) in [5, 5.41) is 2.95. The van der Waals surface area contributed by atoms with Crippen molar-refractivity contribution >= 4 is 11.7 Å². The molecule has 0 radical (unpaired) electrons. The van der Waals surface area contributed by atoms with Crippen LogP contribution in [0, 0.1) is 5.92 Å². The number of anilines is 1. The molecule has 1 saturated heterocycles. The van der Waals surface area contributed by atoms with Gasteiger partial charge in [-0.2, -0.15) is 13.2 Å². The number of alkyl halides is 3. The number of hydrogen-bond acceptors (Lipinski definition) is 2. The van der Waals surface area contributed by atoms with E-state index in [0.29, 0.717) is 37.8 Å². The lowest BCUT2D eigenvalue weighted by molar-refractivity contribution is -0.137. The predicted molar refractivity (Wildman–Crippen MR) is 88.1 cm³/mol. The second-order valence-electron chi connectivity index (χ2n) is 6.50. The molecule has 1 heterocycles. The Bertz CT molecular complexity index is 566. The average molecular weight is 343 g/mol. The molecule has 1 aromatic rings. The minimum Gasteiger partial charge on any atom is -0.368 e. The summed E-state index contributed by atoms with van der Waals surface area (Å²) in [7, 11) is 0. The Morgan fingerprint density at radius 1 is 1.12 bits per heavy atom. The molecular formula is C17H24F3N3O. The number of hydrogen-bond donors (Lipinski definition) is 1. The molecule has 0 saturated carbocycles. The van der Waals surface area contributed by atoms with E-state index in [1.807, 2.05) is 25.7 Å². The van der Waals surface area contributed by atoms with Gasteiger partial charge in [-0.3, -0.25) is 0 Å². The smallest absolute Gasteiger partial charge is 0.368 e. The van der Waals surface area contributed by atoms with Crippen LogP contribution in [-0.2, 0) is 6.18 Å². The fourth-order valence-electron chi connectivity index (χ4n) is 2.50. The number of carbonyl (C=O) groups is 1. The van der Waals surface area contributed by atoms with Crippen molar-refractivity contribution in [3.8, 4) is 0 Å². The Morgan fingerprint density at radius 3 is 2.29 bits per heavy atom. The zero-order chi connectivity index (χ0) is 17.9. The number of urea groups is 1. The van der Waals surface area contributed by atoms with E-state index in [4.69, 9.17) is 0 Å². The molecular weight excluding hydrogens is 319 g/mol. The van der Waals surface area contributed by atoms with Crippen LogP contribution < -0.4 is 10.2 Å². The fourth-order valence-corrected chi connectivity index (χ4v) is 2.50. The van der Waals surface area contributed by atoms with Crippen molar-refractivity contribution in [3.05, 3.63) is 29.8 Å². The molecule has 1 unspecified atom stereocenters. The van der Waals surface area contributed by atoms with E-state index in [0.717, 1.165) is 12.1 Å². The molecule has 2 rings (SSSR count). The van der Waals surface area contributed by atoms with E-state index >= 15 is 0 Å². The average Bonchev–Trinajstić information content (AvgIpc) is 2.54. The maximum Gasteiger partial charge on any atom is 0.416 e. The van der Waals surface area contributed by atoms with Gasteiger partial charge < -0.3 is 15.1 Å². The van der Waals surface area contributed by atoms with E-state index in [9.17, 15) is 18.0 Å². The third-order valence-corrected chi connectivity index (χ3v) is 4.46. The molecule has 0 aliphatic carbocycles. The Balaban J connectivity index is 1.94. The third kappa shape index (κ3) is 4.55. The van der Waals surface area contributed by atoms with E-state index in [-0.39, 0.29) is 12.1 Å². The van der Waals surface area contributed by atoms with Crippen LogP contribution >= 0.6 is 0 Å². The third-order valence-electron chi connectivity index (χ3n) is 4.46. The molecule has 1 aromatic carbocycles. The Hall–Kier alpha value is -1.92. The summed E-state index contributed by atoms with van der Waals surface area (Å²) >= 11 is 0. The van der Waals surface area contributed by atoms with E-state index in [2.05, 4.69) is 5.32 Å². The zero-order valence-electron chi connectivity index (χ0n) is 14.2. The minimum atomic E-state index is -4.34. The summed E-state index contributed by atoms with van der Waals surface area (Å²) < 4.78 is 38.4. The second kappa shape index (κ2) is 7.32. The lowest BCUT2D eigenvalue weighted by Gasteiger charge is -2.37. The topological polar surface area (TPSA) is 35.6 Å². The summed E-state index contributed by atoms with van der Waals surface area (Å²) in [4.78, 5) is 15.8. The lowest BCUT2D eigenvalue weighted by atomic mass is 10.1. The number of benzene rings is 1. The molecule has 4 nitrogen and oxygen atoms in total. The van der Waals surface area contributed by atoms with E-state index < -0.39 is 11.7 Å². The summed E-state index contributed by atoms with van der Waals surface area (Å²) in [5.74, 6) is 0.348. The second-order valence-corrected chi connectivity index (χ2v) is 6.50.